The van der Waals surface area contributed by atoms with Crippen molar-refractivity contribution in [1.82, 2.24) is 9.29 Å². The van der Waals surface area contributed by atoms with Crippen molar-refractivity contribution in [3.8, 4) is 0 Å². The molecule has 1 aromatic carbocycles. The minimum Gasteiger partial charge on any atom is -0.371 e. The fourth-order valence-corrected chi connectivity index (χ4v) is 5.30. The third-order valence-corrected chi connectivity index (χ3v) is 6.91. The van der Waals surface area contributed by atoms with Gasteiger partial charge in [-0.1, -0.05) is 18.2 Å². The maximum Gasteiger partial charge on any atom is 0.276 e. The number of para-hydroxylation sites is 1. The van der Waals surface area contributed by atoms with Crippen molar-refractivity contribution in [2.24, 2.45) is 10.6 Å². The van der Waals surface area contributed by atoms with Crippen molar-refractivity contribution in [2.45, 2.75) is 25.7 Å². The van der Waals surface area contributed by atoms with Crippen LogP contribution in [-0.4, -0.2) is 43.9 Å². The first-order valence-corrected chi connectivity index (χ1v) is 10.5. The lowest BCUT2D eigenvalue weighted by Gasteiger charge is -2.47. The van der Waals surface area contributed by atoms with E-state index in [1.165, 1.54) is 4.31 Å². The fourth-order valence-electron chi connectivity index (χ4n) is 4.46. The number of anilines is 1. The molecule has 0 saturated carbocycles. The Morgan fingerprint density at radius 3 is 2.54 bits per heavy atom. The summed E-state index contributed by atoms with van der Waals surface area (Å²) in [5.41, 5.74) is 1.70. The number of hydrogen-bond donors (Lipinski definition) is 2. The zero-order chi connectivity index (χ0) is 18.4. The molecule has 0 radical (unpaired) electrons. The lowest BCUT2D eigenvalue weighted by atomic mass is 9.73. The predicted octanol–water partition coefficient (Wildman–Crippen LogP) is 1.41. The van der Waals surface area contributed by atoms with Crippen LogP contribution in [0.1, 0.15) is 25.7 Å². The van der Waals surface area contributed by atoms with Crippen molar-refractivity contribution < 1.29 is 8.42 Å². The van der Waals surface area contributed by atoms with Gasteiger partial charge in [0.05, 0.1) is 11.2 Å². The molecule has 1 spiro atoms. The molecule has 0 amide bonds. The van der Waals surface area contributed by atoms with Gasteiger partial charge in [-0.2, -0.15) is 12.7 Å². The zero-order valence-electron chi connectivity index (χ0n) is 14.6. The van der Waals surface area contributed by atoms with Gasteiger partial charge in [-0.15, -0.1) is 0 Å². The van der Waals surface area contributed by atoms with Crippen molar-refractivity contribution in [1.29, 1.82) is 0 Å². The fraction of sp³-hybridized carbons (Fsp3) is 0.500. The smallest absolute Gasteiger partial charge is 0.276 e. The standard InChI is InChI=1S/C18H24N4O3S/c19-26(24,25)22-9-3-6-18(13-22)7-10-21(11-8-18)16-12-17(23)20-15-5-2-1-4-14(15)16/h1-2,4-5,12H,3,6-11,13H2,(H,20,23)(H2,19,24,25). The molecule has 0 bridgehead atoms. The Labute approximate surface area is 153 Å². The molecule has 140 valence electrons. The number of nitrogens with one attached hydrogen (secondary N) is 1. The number of nitrogens with zero attached hydrogens (tertiary/aromatic N) is 2. The number of benzene rings is 1. The summed E-state index contributed by atoms with van der Waals surface area (Å²) >= 11 is 0. The Hall–Kier alpha value is -1.90. The number of aromatic nitrogens is 1. The third kappa shape index (κ3) is 3.24. The summed E-state index contributed by atoms with van der Waals surface area (Å²) < 4.78 is 24.9. The van der Waals surface area contributed by atoms with Gasteiger partial charge in [0.25, 0.3) is 10.2 Å². The normalized spacial score (nSPS) is 21.3. The molecule has 1 aromatic heterocycles. The third-order valence-electron chi connectivity index (χ3n) is 5.88. The SMILES string of the molecule is NS(=O)(=O)N1CCCC2(CCN(c3cc(=O)[nH]c4ccccc34)CC2)C1. The van der Waals surface area contributed by atoms with E-state index in [0.717, 1.165) is 55.4 Å². The van der Waals surface area contributed by atoms with Gasteiger partial charge in [-0.3, -0.25) is 4.79 Å². The molecular formula is C18H24N4O3S. The van der Waals surface area contributed by atoms with Crippen LogP contribution in [0.25, 0.3) is 10.9 Å². The minimum atomic E-state index is -3.63. The van der Waals surface area contributed by atoms with Crippen LogP contribution < -0.4 is 15.6 Å². The van der Waals surface area contributed by atoms with Gasteiger partial charge in [0.1, 0.15) is 0 Å². The van der Waals surface area contributed by atoms with E-state index in [0.29, 0.717) is 13.1 Å². The highest BCUT2D eigenvalue weighted by atomic mass is 32.2. The molecule has 26 heavy (non-hydrogen) atoms. The zero-order valence-corrected chi connectivity index (χ0v) is 15.5. The Morgan fingerprint density at radius 1 is 1.08 bits per heavy atom. The van der Waals surface area contributed by atoms with Crippen molar-refractivity contribution >= 4 is 26.8 Å². The Balaban J connectivity index is 1.57. The second kappa shape index (κ2) is 6.37. The highest BCUT2D eigenvalue weighted by molar-refractivity contribution is 7.86. The van der Waals surface area contributed by atoms with Gasteiger partial charge in [-0.25, -0.2) is 5.14 Å². The summed E-state index contributed by atoms with van der Waals surface area (Å²) in [6.07, 6.45) is 3.69. The lowest BCUT2D eigenvalue weighted by molar-refractivity contribution is 0.112. The number of nitrogens with two attached hydrogens (primary N) is 1. The van der Waals surface area contributed by atoms with E-state index in [4.69, 9.17) is 5.14 Å². The molecule has 0 atom stereocenters. The number of hydrogen-bond acceptors (Lipinski definition) is 4. The summed E-state index contributed by atoms with van der Waals surface area (Å²) in [4.78, 5) is 17.2. The minimum absolute atomic E-state index is 0.00179. The first kappa shape index (κ1) is 17.5. The quantitative estimate of drug-likeness (QED) is 0.828. The largest absolute Gasteiger partial charge is 0.371 e. The van der Waals surface area contributed by atoms with E-state index in [9.17, 15) is 13.2 Å². The maximum absolute atomic E-state index is 12.0. The van der Waals surface area contributed by atoms with Crippen LogP contribution in [0.4, 0.5) is 5.69 Å². The number of fused-ring (bicyclic) bond motifs is 1. The van der Waals surface area contributed by atoms with Crippen molar-refractivity contribution in [2.75, 3.05) is 31.1 Å². The van der Waals surface area contributed by atoms with E-state index in [1.54, 1.807) is 6.07 Å². The van der Waals surface area contributed by atoms with Gasteiger partial charge in [0.15, 0.2) is 0 Å². The topological polar surface area (TPSA) is 99.5 Å². The number of aromatic amines is 1. The molecule has 2 fully saturated rings. The molecule has 3 N–H and O–H groups in total. The molecule has 2 aromatic rings. The first-order chi connectivity index (χ1) is 12.4. The van der Waals surface area contributed by atoms with Crippen LogP contribution in [-0.2, 0) is 10.2 Å². The Morgan fingerprint density at radius 2 is 1.81 bits per heavy atom. The molecule has 2 aliphatic rings. The van der Waals surface area contributed by atoms with Gasteiger partial charge in [0, 0.05) is 37.6 Å². The highest BCUT2D eigenvalue weighted by Crippen LogP contribution is 2.41. The summed E-state index contributed by atoms with van der Waals surface area (Å²) in [5.74, 6) is 0. The molecule has 0 unspecified atom stereocenters. The average molecular weight is 376 g/mol. The second-order valence-electron chi connectivity index (χ2n) is 7.53. The van der Waals surface area contributed by atoms with E-state index < -0.39 is 10.2 Å². The highest BCUT2D eigenvalue weighted by Gasteiger charge is 2.41. The predicted molar refractivity (Wildman–Crippen MR) is 102 cm³/mol. The molecule has 2 aliphatic heterocycles. The molecule has 0 aliphatic carbocycles. The summed E-state index contributed by atoms with van der Waals surface area (Å²) in [5, 5.41) is 6.39. The van der Waals surface area contributed by atoms with Gasteiger partial charge in [-0.05, 0) is 37.2 Å². The van der Waals surface area contributed by atoms with Gasteiger partial charge in [0.2, 0.25) is 5.56 Å². The van der Waals surface area contributed by atoms with Crippen LogP contribution in [0.15, 0.2) is 35.1 Å². The van der Waals surface area contributed by atoms with Gasteiger partial charge < -0.3 is 9.88 Å². The molecule has 2 saturated heterocycles. The van der Waals surface area contributed by atoms with Crippen LogP contribution in [0.2, 0.25) is 0 Å². The summed E-state index contributed by atoms with van der Waals surface area (Å²) in [6, 6.07) is 9.49. The summed E-state index contributed by atoms with van der Waals surface area (Å²) in [7, 11) is -3.63. The van der Waals surface area contributed by atoms with Crippen LogP contribution in [0, 0.1) is 5.41 Å². The number of pyridine rings is 1. The molecule has 7 nitrogen and oxygen atoms in total. The molecule has 4 rings (SSSR count). The first-order valence-electron chi connectivity index (χ1n) is 9.01. The number of H-pyrrole nitrogens is 1. The van der Waals surface area contributed by atoms with Crippen LogP contribution in [0.5, 0.6) is 0 Å². The average Bonchev–Trinajstić information content (AvgIpc) is 2.61. The van der Waals surface area contributed by atoms with Crippen LogP contribution >= 0.6 is 0 Å². The molecular weight excluding hydrogens is 352 g/mol. The number of piperidine rings is 2. The molecule has 8 heteroatoms. The maximum atomic E-state index is 12.0. The number of rotatable bonds is 2. The van der Waals surface area contributed by atoms with E-state index in [1.807, 2.05) is 24.3 Å². The van der Waals surface area contributed by atoms with Gasteiger partial charge >= 0.3 is 0 Å². The van der Waals surface area contributed by atoms with Crippen LogP contribution in [0.3, 0.4) is 0 Å². The van der Waals surface area contributed by atoms with Crippen molar-refractivity contribution in [3.63, 3.8) is 0 Å². The van der Waals surface area contributed by atoms with E-state index in [2.05, 4.69) is 9.88 Å². The Bertz CT molecular complexity index is 977. The monoisotopic (exact) mass is 376 g/mol. The Kier molecular flexibility index (Phi) is 4.29. The summed E-state index contributed by atoms with van der Waals surface area (Å²) in [6.45, 7) is 2.65. The second-order valence-corrected chi connectivity index (χ2v) is 9.08. The van der Waals surface area contributed by atoms with E-state index >= 15 is 0 Å². The van der Waals surface area contributed by atoms with E-state index in [-0.39, 0.29) is 11.0 Å². The molecule has 3 heterocycles. The lowest BCUT2D eigenvalue weighted by Crippen LogP contribution is -2.52. The van der Waals surface area contributed by atoms with Crippen molar-refractivity contribution in [3.05, 3.63) is 40.7 Å².